The summed E-state index contributed by atoms with van der Waals surface area (Å²) >= 11 is 0. The summed E-state index contributed by atoms with van der Waals surface area (Å²) in [6.07, 6.45) is 1.47. The number of esters is 1. The summed E-state index contributed by atoms with van der Waals surface area (Å²) in [5.41, 5.74) is 0. The monoisotopic (exact) mass is 284 g/mol. The fraction of sp³-hybridized carbons (Fsp3) is 0.455. The van der Waals surface area contributed by atoms with Gasteiger partial charge in [0.2, 0.25) is 0 Å². The number of carbonyl (C=O) groups excluding carboxylic acids is 2. The van der Waals surface area contributed by atoms with E-state index in [1.807, 2.05) is 0 Å². The maximum atomic E-state index is 11.6. The molecule has 0 radical (unpaired) electrons. The predicted molar refractivity (Wildman–Crippen MR) is 68.0 cm³/mol. The molecular formula is C11H16N4O5. The average molecular weight is 284 g/mol. The highest BCUT2D eigenvalue weighted by molar-refractivity contribution is 5.91. The number of carboxylic acids is 1. The fourth-order valence-corrected chi connectivity index (χ4v) is 1.41. The molecule has 20 heavy (non-hydrogen) atoms. The molecule has 2 amide bonds. The largest absolute Gasteiger partial charge is 0.480 e. The van der Waals surface area contributed by atoms with Gasteiger partial charge in [-0.2, -0.15) is 5.10 Å². The number of urea groups is 1. The summed E-state index contributed by atoms with van der Waals surface area (Å²) < 4.78 is 5.90. The van der Waals surface area contributed by atoms with Gasteiger partial charge in [-0.15, -0.1) is 0 Å². The van der Waals surface area contributed by atoms with E-state index in [0.29, 0.717) is 5.82 Å². The summed E-state index contributed by atoms with van der Waals surface area (Å²) in [7, 11) is 2.89. The third-order valence-electron chi connectivity index (χ3n) is 2.42. The molecule has 0 saturated carbocycles. The van der Waals surface area contributed by atoms with E-state index in [-0.39, 0.29) is 12.8 Å². The van der Waals surface area contributed by atoms with Gasteiger partial charge in [-0.3, -0.25) is 14.8 Å². The molecule has 3 N–H and O–H groups in total. The van der Waals surface area contributed by atoms with Crippen molar-refractivity contribution >= 4 is 23.8 Å². The molecule has 1 rings (SSSR count). The molecular weight excluding hydrogens is 268 g/mol. The van der Waals surface area contributed by atoms with Crippen LogP contribution in [0.15, 0.2) is 12.3 Å². The van der Waals surface area contributed by atoms with Crippen LogP contribution in [0.5, 0.6) is 0 Å². The van der Waals surface area contributed by atoms with E-state index in [1.165, 1.54) is 11.8 Å². The number of carboxylic acid groups (broad SMARTS) is 1. The third-order valence-corrected chi connectivity index (χ3v) is 2.42. The molecule has 9 heteroatoms. The lowest BCUT2D eigenvalue weighted by Gasteiger charge is -2.13. The van der Waals surface area contributed by atoms with Crippen molar-refractivity contribution in [1.82, 2.24) is 15.1 Å². The van der Waals surface area contributed by atoms with Crippen LogP contribution in [-0.2, 0) is 21.4 Å². The first kappa shape index (κ1) is 15.5. The molecule has 0 bridgehead atoms. The quantitative estimate of drug-likeness (QED) is 0.629. The first-order chi connectivity index (χ1) is 9.42. The number of anilines is 1. The molecule has 110 valence electrons. The maximum Gasteiger partial charge on any atom is 0.326 e. The number of ether oxygens (including phenoxy) is 1. The molecule has 0 aliphatic heterocycles. The summed E-state index contributed by atoms with van der Waals surface area (Å²) in [6, 6.07) is -0.331. The number of methoxy groups -OCH3 is 1. The lowest BCUT2D eigenvalue weighted by Crippen LogP contribution is -2.43. The number of aromatic nitrogens is 2. The number of amides is 2. The molecule has 0 spiro atoms. The number of hydrogen-bond acceptors (Lipinski definition) is 5. The highest BCUT2D eigenvalue weighted by Gasteiger charge is 2.21. The van der Waals surface area contributed by atoms with E-state index in [2.05, 4.69) is 20.5 Å². The Labute approximate surface area is 114 Å². The number of nitrogens with one attached hydrogen (secondary N) is 2. The van der Waals surface area contributed by atoms with Gasteiger partial charge >= 0.3 is 18.0 Å². The zero-order valence-electron chi connectivity index (χ0n) is 11.1. The Bertz CT molecular complexity index is 499. The second-order valence-electron chi connectivity index (χ2n) is 3.98. The number of aliphatic carboxylic acids is 1. The Hall–Kier alpha value is -2.58. The molecule has 0 unspecified atom stereocenters. The van der Waals surface area contributed by atoms with Gasteiger partial charge in [-0.1, -0.05) is 0 Å². The van der Waals surface area contributed by atoms with Crippen LogP contribution in [0.2, 0.25) is 0 Å². The average Bonchev–Trinajstić information content (AvgIpc) is 2.78. The minimum atomic E-state index is -1.23. The SMILES string of the molecule is COC(=O)CC[C@@H](NC(=O)Nc1ccn(C)n1)C(=O)O. The Morgan fingerprint density at radius 1 is 1.50 bits per heavy atom. The van der Waals surface area contributed by atoms with Crippen LogP contribution in [0.4, 0.5) is 10.6 Å². The summed E-state index contributed by atoms with van der Waals surface area (Å²) in [4.78, 5) is 33.5. The number of nitrogens with zero attached hydrogens (tertiary/aromatic N) is 2. The van der Waals surface area contributed by atoms with Gasteiger partial charge in [0.15, 0.2) is 5.82 Å². The second kappa shape index (κ2) is 7.12. The molecule has 0 aliphatic rings. The lowest BCUT2D eigenvalue weighted by molar-refractivity contribution is -0.142. The Balaban J connectivity index is 2.50. The van der Waals surface area contributed by atoms with Crippen molar-refractivity contribution in [2.75, 3.05) is 12.4 Å². The van der Waals surface area contributed by atoms with Gasteiger partial charge in [0, 0.05) is 25.7 Å². The first-order valence-corrected chi connectivity index (χ1v) is 5.79. The van der Waals surface area contributed by atoms with Crippen molar-refractivity contribution in [1.29, 1.82) is 0 Å². The predicted octanol–water partition coefficient (Wildman–Crippen LogP) is -0.0520. The van der Waals surface area contributed by atoms with Crippen LogP contribution in [0, 0.1) is 0 Å². The summed E-state index contributed by atoms with van der Waals surface area (Å²) in [5.74, 6) is -1.48. The van der Waals surface area contributed by atoms with E-state index in [4.69, 9.17) is 5.11 Å². The number of hydrogen-bond donors (Lipinski definition) is 3. The minimum absolute atomic E-state index is 0.0579. The normalized spacial score (nSPS) is 11.5. The Kier molecular flexibility index (Phi) is 5.51. The van der Waals surface area contributed by atoms with Gasteiger partial charge in [-0.05, 0) is 6.42 Å². The van der Waals surface area contributed by atoms with Crippen molar-refractivity contribution in [3.05, 3.63) is 12.3 Å². The minimum Gasteiger partial charge on any atom is -0.480 e. The van der Waals surface area contributed by atoms with Crippen molar-refractivity contribution in [2.24, 2.45) is 7.05 Å². The molecule has 1 aromatic heterocycles. The first-order valence-electron chi connectivity index (χ1n) is 5.79. The van der Waals surface area contributed by atoms with Crippen molar-refractivity contribution in [3.63, 3.8) is 0 Å². The summed E-state index contributed by atoms with van der Waals surface area (Å²) in [5, 5.41) is 17.5. The number of rotatable bonds is 6. The van der Waals surface area contributed by atoms with Crippen LogP contribution in [0.1, 0.15) is 12.8 Å². The molecule has 1 aromatic rings. The lowest BCUT2D eigenvalue weighted by atomic mass is 10.1. The van der Waals surface area contributed by atoms with E-state index in [9.17, 15) is 14.4 Å². The van der Waals surface area contributed by atoms with E-state index in [0.717, 1.165) is 0 Å². The number of carbonyl (C=O) groups is 3. The van der Waals surface area contributed by atoms with Crippen LogP contribution in [0.25, 0.3) is 0 Å². The van der Waals surface area contributed by atoms with Crippen molar-refractivity contribution in [3.8, 4) is 0 Å². The van der Waals surface area contributed by atoms with Gasteiger partial charge in [0.05, 0.1) is 7.11 Å². The van der Waals surface area contributed by atoms with Crippen LogP contribution in [-0.4, -0.2) is 46.0 Å². The summed E-state index contributed by atoms with van der Waals surface area (Å²) in [6.45, 7) is 0. The maximum absolute atomic E-state index is 11.6. The molecule has 0 aliphatic carbocycles. The van der Waals surface area contributed by atoms with E-state index < -0.39 is 24.0 Å². The number of aryl methyl sites for hydroxylation is 1. The van der Waals surface area contributed by atoms with Crippen molar-refractivity contribution in [2.45, 2.75) is 18.9 Å². The zero-order chi connectivity index (χ0) is 15.1. The van der Waals surface area contributed by atoms with E-state index in [1.54, 1.807) is 19.3 Å². The van der Waals surface area contributed by atoms with E-state index >= 15 is 0 Å². The van der Waals surface area contributed by atoms with Crippen LogP contribution < -0.4 is 10.6 Å². The third kappa shape index (κ3) is 4.96. The molecule has 1 heterocycles. The topological polar surface area (TPSA) is 123 Å². The Morgan fingerprint density at radius 3 is 2.70 bits per heavy atom. The highest BCUT2D eigenvalue weighted by atomic mass is 16.5. The zero-order valence-corrected chi connectivity index (χ0v) is 11.1. The standard InChI is InChI=1S/C11H16N4O5/c1-15-6-5-8(14-15)13-11(19)12-7(10(17)18)3-4-9(16)20-2/h5-7H,3-4H2,1-2H3,(H,17,18)(H2,12,13,14,19)/t7-/m1/s1. The smallest absolute Gasteiger partial charge is 0.326 e. The fourth-order valence-electron chi connectivity index (χ4n) is 1.41. The highest BCUT2D eigenvalue weighted by Crippen LogP contribution is 2.03. The molecule has 0 fully saturated rings. The van der Waals surface area contributed by atoms with Gasteiger partial charge in [0.1, 0.15) is 6.04 Å². The molecule has 1 atom stereocenters. The van der Waals surface area contributed by atoms with Gasteiger partial charge in [0.25, 0.3) is 0 Å². The Morgan fingerprint density at radius 2 is 2.20 bits per heavy atom. The molecule has 0 saturated heterocycles. The van der Waals surface area contributed by atoms with Crippen molar-refractivity contribution < 1.29 is 24.2 Å². The van der Waals surface area contributed by atoms with Crippen LogP contribution >= 0.6 is 0 Å². The van der Waals surface area contributed by atoms with Crippen LogP contribution in [0.3, 0.4) is 0 Å². The second-order valence-corrected chi connectivity index (χ2v) is 3.98. The molecule has 9 nitrogen and oxygen atoms in total. The van der Waals surface area contributed by atoms with Gasteiger partial charge in [-0.25, -0.2) is 9.59 Å². The molecule has 0 aromatic carbocycles. The van der Waals surface area contributed by atoms with Gasteiger partial charge < -0.3 is 15.2 Å².